The largest absolute Gasteiger partial charge is 0.335 e. The van der Waals surface area contributed by atoms with Crippen LogP contribution in [0.25, 0.3) is 0 Å². The van der Waals surface area contributed by atoms with Gasteiger partial charge in [-0.1, -0.05) is 18.2 Å². The summed E-state index contributed by atoms with van der Waals surface area (Å²) in [6.07, 6.45) is 0. The summed E-state index contributed by atoms with van der Waals surface area (Å²) >= 11 is 0. The summed E-state index contributed by atoms with van der Waals surface area (Å²) in [5.41, 5.74) is 1.24. The zero-order valence-electron chi connectivity index (χ0n) is 18.0. The molecule has 0 atom stereocenters. The molecule has 3 aromatic carbocycles. The van der Waals surface area contributed by atoms with E-state index < -0.39 is 14.9 Å². The van der Waals surface area contributed by atoms with Crippen LogP contribution in [0.5, 0.6) is 0 Å². The zero-order valence-corrected chi connectivity index (χ0v) is 18.8. The van der Waals surface area contributed by atoms with Crippen molar-refractivity contribution >= 4 is 27.3 Å². The maximum absolute atomic E-state index is 13.4. The van der Waals surface area contributed by atoms with Crippen molar-refractivity contribution in [2.45, 2.75) is 25.3 Å². The van der Waals surface area contributed by atoms with E-state index in [1.165, 1.54) is 55.5 Å². The van der Waals surface area contributed by atoms with Crippen LogP contribution in [-0.4, -0.2) is 30.7 Å². The number of carbonyl (C=O) groups excluding carboxylic acids is 1. The van der Waals surface area contributed by atoms with E-state index in [0.717, 1.165) is 6.07 Å². The molecule has 0 saturated heterocycles. The van der Waals surface area contributed by atoms with Crippen LogP contribution in [0.4, 0.5) is 15.8 Å². The predicted molar refractivity (Wildman–Crippen MR) is 122 cm³/mol. The number of hydrogen-bond acceptors (Lipinski definition) is 5. The van der Waals surface area contributed by atoms with Crippen molar-refractivity contribution in [1.82, 2.24) is 4.90 Å². The Bertz CT molecular complexity index is 1290. The Morgan fingerprint density at radius 3 is 2.39 bits per heavy atom. The van der Waals surface area contributed by atoms with Crippen LogP contribution in [0, 0.1) is 22.9 Å². The topological polar surface area (TPSA) is 110 Å². The number of sulfonamides is 1. The first-order valence-corrected chi connectivity index (χ1v) is 11.5. The summed E-state index contributed by atoms with van der Waals surface area (Å²) in [5.74, 6) is -0.670. The number of aryl methyl sites for hydroxylation is 1. The number of amides is 1. The molecular weight excluding hydrogens is 449 g/mol. The first-order chi connectivity index (χ1) is 15.6. The summed E-state index contributed by atoms with van der Waals surface area (Å²) in [7, 11) is -4.07. The fourth-order valence-corrected chi connectivity index (χ4v) is 4.29. The van der Waals surface area contributed by atoms with Gasteiger partial charge in [-0.25, -0.2) is 12.8 Å². The molecule has 0 aliphatic rings. The number of rotatable bonds is 8. The minimum atomic E-state index is -4.07. The fraction of sp³-hybridized carbons (Fsp3) is 0.174. The van der Waals surface area contributed by atoms with Crippen molar-refractivity contribution in [2.24, 2.45) is 0 Å². The number of nitro benzene ring substituents is 1. The van der Waals surface area contributed by atoms with Crippen molar-refractivity contribution in [1.29, 1.82) is 0 Å². The lowest BCUT2D eigenvalue weighted by Crippen LogP contribution is -2.30. The lowest BCUT2D eigenvalue weighted by molar-refractivity contribution is -0.385. The van der Waals surface area contributed by atoms with Gasteiger partial charge < -0.3 is 4.90 Å². The smallest absolute Gasteiger partial charge is 0.273 e. The quantitative estimate of drug-likeness (QED) is 0.384. The summed E-state index contributed by atoms with van der Waals surface area (Å²) < 4.78 is 41.1. The van der Waals surface area contributed by atoms with E-state index in [2.05, 4.69) is 4.72 Å². The number of anilines is 1. The Balaban J connectivity index is 1.76. The Morgan fingerprint density at radius 2 is 1.79 bits per heavy atom. The van der Waals surface area contributed by atoms with Crippen molar-refractivity contribution in [2.75, 3.05) is 11.3 Å². The van der Waals surface area contributed by atoms with E-state index in [9.17, 15) is 27.7 Å². The summed E-state index contributed by atoms with van der Waals surface area (Å²) in [6, 6.07) is 15.5. The minimum absolute atomic E-state index is 0.197. The third-order valence-electron chi connectivity index (χ3n) is 5.00. The molecule has 172 valence electrons. The van der Waals surface area contributed by atoms with Gasteiger partial charge in [-0.15, -0.1) is 0 Å². The molecule has 3 rings (SSSR count). The van der Waals surface area contributed by atoms with Gasteiger partial charge in [-0.3, -0.25) is 19.6 Å². The molecule has 8 nitrogen and oxygen atoms in total. The van der Waals surface area contributed by atoms with Crippen LogP contribution in [-0.2, 0) is 16.6 Å². The number of carbonyl (C=O) groups is 1. The van der Waals surface area contributed by atoms with Crippen molar-refractivity contribution < 1.29 is 22.5 Å². The molecular formula is C23H22FN3O5S. The Labute approximate surface area is 190 Å². The molecule has 0 radical (unpaired) electrons. The number of benzene rings is 3. The van der Waals surface area contributed by atoms with Gasteiger partial charge in [0.25, 0.3) is 21.6 Å². The highest BCUT2D eigenvalue weighted by molar-refractivity contribution is 7.92. The highest BCUT2D eigenvalue weighted by atomic mass is 32.2. The van der Waals surface area contributed by atoms with E-state index in [4.69, 9.17) is 0 Å². The summed E-state index contributed by atoms with van der Waals surface area (Å²) in [6.45, 7) is 3.95. The van der Waals surface area contributed by atoms with Crippen LogP contribution < -0.4 is 4.72 Å². The van der Waals surface area contributed by atoms with Crippen LogP contribution in [0.1, 0.15) is 28.4 Å². The molecule has 1 N–H and O–H groups in total. The molecule has 0 aliphatic carbocycles. The summed E-state index contributed by atoms with van der Waals surface area (Å²) in [4.78, 5) is 24.6. The Morgan fingerprint density at radius 1 is 1.09 bits per heavy atom. The van der Waals surface area contributed by atoms with Gasteiger partial charge in [0.2, 0.25) is 0 Å². The maximum Gasteiger partial charge on any atom is 0.273 e. The first kappa shape index (κ1) is 23.9. The molecule has 0 bridgehead atoms. The molecule has 3 aromatic rings. The Hall–Kier alpha value is -3.79. The molecule has 1 amide bonds. The molecule has 0 spiro atoms. The third-order valence-corrected chi connectivity index (χ3v) is 6.38. The van der Waals surface area contributed by atoms with Crippen LogP contribution in [0.15, 0.2) is 71.6 Å². The van der Waals surface area contributed by atoms with E-state index in [1.807, 2.05) is 0 Å². The molecule has 0 saturated carbocycles. The highest BCUT2D eigenvalue weighted by Crippen LogP contribution is 2.24. The van der Waals surface area contributed by atoms with Gasteiger partial charge >= 0.3 is 0 Å². The van der Waals surface area contributed by atoms with Gasteiger partial charge in [0.1, 0.15) is 5.82 Å². The van der Waals surface area contributed by atoms with E-state index in [1.54, 1.807) is 24.0 Å². The summed E-state index contributed by atoms with van der Waals surface area (Å²) in [5, 5.41) is 11.1. The second-order valence-electron chi connectivity index (χ2n) is 7.34. The number of nitro groups is 1. The first-order valence-electron chi connectivity index (χ1n) is 10.0. The fourth-order valence-electron chi connectivity index (χ4n) is 3.21. The second-order valence-corrected chi connectivity index (χ2v) is 9.02. The van der Waals surface area contributed by atoms with Crippen molar-refractivity contribution in [3.8, 4) is 0 Å². The van der Waals surface area contributed by atoms with E-state index in [-0.39, 0.29) is 34.5 Å². The molecule has 0 fully saturated rings. The molecule has 0 unspecified atom stereocenters. The number of halogens is 1. The third kappa shape index (κ3) is 5.72. The van der Waals surface area contributed by atoms with Gasteiger partial charge in [0.05, 0.1) is 9.82 Å². The zero-order chi connectivity index (χ0) is 24.2. The molecule has 33 heavy (non-hydrogen) atoms. The average Bonchev–Trinajstić information content (AvgIpc) is 2.77. The molecule has 0 aromatic heterocycles. The van der Waals surface area contributed by atoms with E-state index in [0.29, 0.717) is 23.2 Å². The Kier molecular flexibility index (Phi) is 7.07. The van der Waals surface area contributed by atoms with Gasteiger partial charge in [-0.2, -0.15) is 0 Å². The SMILES string of the molecule is CCN(Cc1cccc(F)c1)C(=O)c1ccc(NS(=O)(=O)c2ccc(C)c([N+](=O)[O-])c2)cc1. The maximum atomic E-state index is 13.4. The van der Waals surface area contributed by atoms with Gasteiger partial charge in [-0.05, 0) is 61.9 Å². The normalized spacial score (nSPS) is 11.1. The lowest BCUT2D eigenvalue weighted by Gasteiger charge is -2.21. The van der Waals surface area contributed by atoms with Gasteiger partial charge in [0.15, 0.2) is 0 Å². The van der Waals surface area contributed by atoms with Crippen LogP contribution in [0.3, 0.4) is 0 Å². The minimum Gasteiger partial charge on any atom is -0.335 e. The molecule has 0 heterocycles. The molecule has 0 aliphatic heterocycles. The lowest BCUT2D eigenvalue weighted by atomic mass is 10.1. The van der Waals surface area contributed by atoms with Crippen molar-refractivity contribution in [3.05, 3.63) is 99.4 Å². The standard InChI is InChI=1S/C23H22FN3O5S/c1-3-26(15-17-5-4-6-19(24)13-17)23(28)18-8-10-20(11-9-18)25-33(31,32)21-12-7-16(2)22(14-21)27(29)30/h4-14,25H,3,15H2,1-2H3. The average molecular weight is 472 g/mol. The molecule has 10 heteroatoms. The highest BCUT2D eigenvalue weighted by Gasteiger charge is 2.20. The monoisotopic (exact) mass is 471 g/mol. The van der Waals surface area contributed by atoms with Gasteiger partial charge in [0, 0.05) is 36.0 Å². The number of nitrogens with one attached hydrogen (secondary N) is 1. The number of nitrogens with zero attached hydrogens (tertiary/aromatic N) is 2. The van der Waals surface area contributed by atoms with Crippen LogP contribution >= 0.6 is 0 Å². The van der Waals surface area contributed by atoms with E-state index >= 15 is 0 Å². The van der Waals surface area contributed by atoms with Crippen molar-refractivity contribution in [3.63, 3.8) is 0 Å². The second kappa shape index (κ2) is 9.78. The van der Waals surface area contributed by atoms with Crippen LogP contribution in [0.2, 0.25) is 0 Å². The number of hydrogen-bond donors (Lipinski definition) is 1. The predicted octanol–water partition coefficient (Wildman–Crippen LogP) is 4.51.